The van der Waals surface area contributed by atoms with E-state index in [4.69, 9.17) is 11.6 Å². The summed E-state index contributed by atoms with van der Waals surface area (Å²) in [5.41, 5.74) is 5.43. The largest absolute Gasteiger partial charge is 0.299 e. The van der Waals surface area contributed by atoms with Gasteiger partial charge in [-0.05, 0) is 59.4 Å². The molecule has 2 nitrogen and oxygen atoms in total. The van der Waals surface area contributed by atoms with E-state index < -0.39 is 0 Å². The van der Waals surface area contributed by atoms with E-state index in [9.17, 15) is 4.79 Å². The quantitative estimate of drug-likeness (QED) is 0.536. The molecule has 0 fully saturated rings. The number of Topliss-reactive ketones (excluding diaryl/α,β-unsaturated/α-hetero) is 1. The van der Waals surface area contributed by atoms with Crippen LogP contribution in [0, 0.1) is 6.92 Å². The molecule has 0 aliphatic rings. The molecule has 0 amide bonds. The molecule has 3 rings (SSSR count). The number of hydrogen-bond acceptors (Lipinski definition) is 2. The maximum absolute atomic E-state index is 12.4. The molecule has 3 heteroatoms. The van der Waals surface area contributed by atoms with E-state index in [-0.39, 0.29) is 11.7 Å². The first-order valence-corrected chi connectivity index (χ1v) is 9.18. The second-order valence-electron chi connectivity index (χ2n) is 6.76. The molecule has 0 aliphatic heterocycles. The number of pyridine rings is 1. The topological polar surface area (TPSA) is 30.0 Å². The molecule has 1 aromatic heterocycles. The summed E-state index contributed by atoms with van der Waals surface area (Å²) in [6.45, 7) is 4.05. The lowest BCUT2D eigenvalue weighted by Crippen LogP contribution is -2.07. The molecular formula is C23H22ClNO. The average molecular weight is 364 g/mol. The van der Waals surface area contributed by atoms with E-state index in [2.05, 4.69) is 30.1 Å². The Balaban J connectivity index is 1.62. The molecule has 0 saturated carbocycles. The van der Waals surface area contributed by atoms with Crippen molar-refractivity contribution in [2.45, 2.75) is 32.6 Å². The normalized spacial score (nSPS) is 12.0. The first-order valence-electron chi connectivity index (χ1n) is 8.80. The van der Waals surface area contributed by atoms with Crippen molar-refractivity contribution >= 4 is 17.4 Å². The number of carbonyl (C=O) groups excluding carboxylic acids is 1. The number of rotatable bonds is 6. The van der Waals surface area contributed by atoms with Crippen LogP contribution >= 0.6 is 11.6 Å². The van der Waals surface area contributed by atoms with Crippen LogP contribution in [-0.4, -0.2) is 10.8 Å². The molecule has 0 radical (unpaired) electrons. The number of carbonyl (C=O) groups is 1. The summed E-state index contributed by atoms with van der Waals surface area (Å²) in [6.07, 6.45) is 2.80. The number of aromatic nitrogens is 1. The van der Waals surface area contributed by atoms with Crippen molar-refractivity contribution in [2.24, 2.45) is 0 Å². The highest BCUT2D eigenvalue weighted by atomic mass is 35.5. The van der Waals surface area contributed by atoms with E-state index in [1.165, 1.54) is 0 Å². The third kappa shape index (κ3) is 4.80. The van der Waals surface area contributed by atoms with Crippen LogP contribution < -0.4 is 0 Å². The van der Waals surface area contributed by atoms with Gasteiger partial charge in [-0.1, -0.05) is 54.9 Å². The third-order valence-electron chi connectivity index (χ3n) is 4.54. The van der Waals surface area contributed by atoms with Crippen molar-refractivity contribution in [3.63, 3.8) is 0 Å². The molecule has 0 bridgehead atoms. The standard InChI is InChI=1S/C23H22ClNO/c1-16(20-4-3-5-22(24)15-20)12-23(26)14-18-6-8-19(9-7-18)21-10-11-25-17(2)13-21/h3-11,13,15-16H,12,14H2,1-2H3. The van der Waals surface area contributed by atoms with Gasteiger partial charge in [0.1, 0.15) is 5.78 Å². The summed E-state index contributed by atoms with van der Waals surface area (Å²) >= 11 is 6.04. The Hall–Kier alpha value is -2.45. The number of hydrogen-bond donors (Lipinski definition) is 0. The van der Waals surface area contributed by atoms with Gasteiger partial charge in [-0.25, -0.2) is 0 Å². The molecule has 3 aromatic rings. The molecule has 0 N–H and O–H groups in total. The first-order chi connectivity index (χ1) is 12.5. The van der Waals surface area contributed by atoms with E-state index in [1.807, 2.05) is 55.6 Å². The summed E-state index contributed by atoms with van der Waals surface area (Å²) in [5.74, 6) is 0.408. The fourth-order valence-electron chi connectivity index (χ4n) is 3.11. The van der Waals surface area contributed by atoms with E-state index in [0.29, 0.717) is 17.9 Å². The van der Waals surface area contributed by atoms with Gasteiger partial charge >= 0.3 is 0 Å². The number of nitrogens with zero attached hydrogens (tertiary/aromatic N) is 1. The highest BCUT2D eigenvalue weighted by Gasteiger charge is 2.12. The minimum atomic E-state index is 0.167. The fourth-order valence-corrected chi connectivity index (χ4v) is 3.31. The van der Waals surface area contributed by atoms with Gasteiger partial charge in [0.15, 0.2) is 0 Å². The van der Waals surface area contributed by atoms with Crippen LogP contribution in [0.3, 0.4) is 0 Å². The Morgan fingerprint density at radius 3 is 2.50 bits per heavy atom. The molecule has 0 spiro atoms. The maximum Gasteiger partial charge on any atom is 0.137 e. The zero-order chi connectivity index (χ0) is 18.5. The molecule has 0 saturated heterocycles. The van der Waals surface area contributed by atoms with Crippen molar-refractivity contribution in [3.05, 3.63) is 88.7 Å². The molecule has 132 valence electrons. The molecule has 26 heavy (non-hydrogen) atoms. The Kier molecular flexibility index (Phi) is 5.85. The predicted molar refractivity (Wildman–Crippen MR) is 108 cm³/mol. The number of halogens is 1. The van der Waals surface area contributed by atoms with Gasteiger partial charge in [0, 0.05) is 29.8 Å². The summed E-state index contributed by atoms with van der Waals surface area (Å²) in [7, 11) is 0. The number of ketones is 1. The Labute approximate surface area is 159 Å². The second kappa shape index (κ2) is 8.29. The SMILES string of the molecule is Cc1cc(-c2ccc(CC(=O)CC(C)c3cccc(Cl)c3)cc2)ccn1. The highest BCUT2D eigenvalue weighted by Crippen LogP contribution is 2.24. The molecule has 1 atom stereocenters. The third-order valence-corrected chi connectivity index (χ3v) is 4.77. The van der Waals surface area contributed by atoms with Crippen molar-refractivity contribution in [1.82, 2.24) is 4.98 Å². The summed E-state index contributed by atoms with van der Waals surface area (Å²) in [4.78, 5) is 16.7. The summed E-state index contributed by atoms with van der Waals surface area (Å²) in [6, 6.07) is 20.0. The zero-order valence-electron chi connectivity index (χ0n) is 15.1. The predicted octanol–water partition coefficient (Wildman–Crippen LogP) is 6.02. The van der Waals surface area contributed by atoms with Gasteiger partial charge in [-0.15, -0.1) is 0 Å². The minimum absolute atomic E-state index is 0.167. The van der Waals surface area contributed by atoms with Crippen LogP contribution in [0.1, 0.15) is 36.1 Å². The van der Waals surface area contributed by atoms with Gasteiger partial charge in [0.25, 0.3) is 0 Å². The molecule has 2 aromatic carbocycles. The Morgan fingerprint density at radius 2 is 1.81 bits per heavy atom. The van der Waals surface area contributed by atoms with Crippen LogP contribution in [0.25, 0.3) is 11.1 Å². The molecular weight excluding hydrogens is 342 g/mol. The minimum Gasteiger partial charge on any atom is -0.299 e. The zero-order valence-corrected chi connectivity index (χ0v) is 15.8. The van der Waals surface area contributed by atoms with Gasteiger partial charge in [0.05, 0.1) is 0 Å². The highest BCUT2D eigenvalue weighted by molar-refractivity contribution is 6.30. The van der Waals surface area contributed by atoms with Crippen LogP contribution in [-0.2, 0) is 11.2 Å². The first kappa shape index (κ1) is 18.3. The second-order valence-corrected chi connectivity index (χ2v) is 7.19. The van der Waals surface area contributed by atoms with Crippen molar-refractivity contribution in [3.8, 4) is 11.1 Å². The number of benzene rings is 2. The average Bonchev–Trinajstić information content (AvgIpc) is 2.62. The van der Waals surface area contributed by atoms with Crippen LogP contribution in [0.4, 0.5) is 0 Å². The van der Waals surface area contributed by atoms with E-state index in [0.717, 1.165) is 27.9 Å². The number of aryl methyl sites for hydroxylation is 1. The Morgan fingerprint density at radius 1 is 1.04 bits per heavy atom. The van der Waals surface area contributed by atoms with Crippen LogP contribution in [0.5, 0.6) is 0 Å². The lowest BCUT2D eigenvalue weighted by molar-refractivity contribution is -0.118. The van der Waals surface area contributed by atoms with Crippen LogP contribution in [0.15, 0.2) is 66.9 Å². The monoisotopic (exact) mass is 363 g/mol. The molecule has 0 aliphatic carbocycles. The lowest BCUT2D eigenvalue weighted by atomic mass is 9.93. The van der Waals surface area contributed by atoms with Gasteiger partial charge in [-0.2, -0.15) is 0 Å². The van der Waals surface area contributed by atoms with E-state index >= 15 is 0 Å². The van der Waals surface area contributed by atoms with Crippen molar-refractivity contribution in [2.75, 3.05) is 0 Å². The van der Waals surface area contributed by atoms with Crippen LogP contribution in [0.2, 0.25) is 5.02 Å². The lowest BCUT2D eigenvalue weighted by Gasteiger charge is -2.12. The van der Waals surface area contributed by atoms with Crippen molar-refractivity contribution < 1.29 is 4.79 Å². The molecule has 1 unspecified atom stereocenters. The molecule has 1 heterocycles. The maximum atomic E-state index is 12.4. The van der Waals surface area contributed by atoms with Crippen molar-refractivity contribution in [1.29, 1.82) is 0 Å². The summed E-state index contributed by atoms with van der Waals surface area (Å²) in [5, 5.41) is 0.712. The van der Waals surface area contributed by atoms with Gasteiger partial charge in [-0.3, -0.25) is 9.78 Å². The van der Waals surface area contributed by atoms with E-state index in [1.54, 1.807) is 0 Å². The Bertz CT molecular complexity index is 902. The van der Waals surface area contributed by atoms with Gasteiger partial charge in [0.2, 0.25) is 0 Å². The van der Waals surface area contributed by atoms with Gasteiger partial charge < -0.3 is 0 Å². The summed E-state index contributed by atoms with van der Waals surface area (Å²) < 4.78 is 0. The fraction of sp³-hybridized carbons (Fsp3) is 0.217. The smallest absolute Gasteiger partial charge is 0.137 e.